The minimum absolute atomic E-state index is 0.124. The fourth-order valence-corrected chi connectivity index (χ4v) is 1.15. The molecule has 0 saturated carbocycles. The lowest BCUT2D eigenvalue weighted by atomic mass is 10.0. The van der Waals surface area contributed by atoms with Crippen molar-refractivity contribution in [3.63, 3.8) is 0 Å². The van der Waals surface area contributed by atoms with E-state index in [2.05, 4.69) is 5.16 Å². The number of carboxylic acid groups (broad SMARTS) is 1. The predicted molar refractivity (Wildman–Crippen MR) is 59.7 cm³/mol. The van der Waals surface area contributed by atoms with Gasteiger partial charge < -0.3 is 14.5 Å². The van der Waals surface area contributed by atoms with Gasteiger partial charge in [-0.15, -0.1) is 0 Å². The van der Waals surface area contributed by atoms with Gasteiger partial charge in [0.05, 0.1) is 0 Å². The van der Waals surface area contributed by atoms with Gasteiger partial charge >= 0.3 is 5.97 Å². The summed E-state index contributed by atoms with van der Waals surface area (Å²) in [6, 6.07) is 1.52. The van der Waals surface area contributed by atoms with Crippen molar-refractivity contribution in [3.05, 3.63) is 17.5 Å². The summed E-state index contributed by atoms with van der Waals surface area (Å²) in [6.45, 7) is 4.78. The van der Waals surface area contributed by atoms with Crippen LogP contribution in [0, 0.1) is 0 Å². The average molecular weight is 240 g/mol. The molecule has 1 aromatic heterocycles. The summed E-state index contributed by atoms with van der Waals surface area (Å²) in [7, 11) is 1.43. The van der Waals surface area contributed by atoms with Crippen molar-refractivity contribution in [1.29, 1.82) is 0 Å². The monoisotopic (exact) mass is 240 g/mol. The van der Waals surface area contributed by atoms with Gasteiger partial charge in [0.15, 0.2) is 5.69 Å². The Morgan fingerprint density at radius 1 is 1.53 bits per heavy atom. The van der Waals surface area contributed by atoms with Gasteiger partial charge in [0.2, 0.25) is 0 Å². The second-order valence-corrected chi connectivity index (χ2v) is 4.26. The van der Waals surface area contributed by atoms with Gasteiger partial charge in [-0.05, 0) is 13.8 Å². The number of hydrogen-bond donors (Lipinski definition) is 1. The van der Waals surface area contributed by atoms with Crippen molar-refractivity contribution >= 4 is 11.9 Å². The van der Waals surface area contributed by atoms with Crippen LogP contribution in [0.1, 0.15) is 37.0 Å². The molecule has 1 aromatic rings. The highest BCUT2D eigenvalue weighted by Gasteiger charge is 2.36. The first kappa shape index (κ1) is 13.2. The normalized spacial score (nSPS) is 11.3. The first-order chi connectivity index (χ1) is 7.80. The number of nitrogens with zero attached hydrogens (tertiary/aromatic N) is 2. The highest BCUT2D eigenvalue weighted by molar-refractivity contribution is 5.95. The van der Waals surface area contributed by atoms with Gasteiger partial charge in [-0.3, -0.25) is 4.79 Å². The number of carboxylic acids is 1. The Morgan fingerprint density at radius 3 is 2.53 bits per heavy atom. The first-order valence-corrected chi connectivity index (χ1v) is 5.27. The lowest BCUT2D eigenvalue weighted by molar-refractivity contribution is -0.147. The molecule has 17 heavy (non-hydrogen) atoms. The van der Waals surface area contributed by atoms with Crippen LogP contribution < -0.4 is 0 Å². The third-order valence-corrected chi connectivity index (χ3v) is 2.79. The molecular formula is C11H16N2O4. The minimum atomic E-state index is -1.29. The van der Waals surface area contributed by atoms with Gasteiger partial charge in [0, 0.05) is 19.5 Å². The Bertz CT molecular complexity index is 436. The molecule has 0 saturated heterocycles. The van der Waals surface area contributed by atoms with Gasteiger partial charge in [-0.2, -0.15) is 0 Å². The fourth-order valence-electron chi connectivity index (χ4n) is 1.15. The van der Waals surface area contributed by atoms with Crippen LogP contribution in [0.5, 0.6) is 0 Å². The fraction of sp³-hybridized carbons (Fsp3) is 0.545. The SMILES string of the molecule is CCc1cc(C(=O)N(C)C(C)(C)C(=O)O)no1. The maximum absolute atomic E-state index is 12.0. The zero-order chi connectivity index (χ0) is 13.2. The molecule has 0 atom stereocenters. The smallest absolute Gasteiger partial charge is 0.329 e. The van der Waals surface area contributed by atoms with Gasteiger partial charge in [-0.1, -0.05) is 12.1 Å². The van der Waals surface area contributed by atoms with E-state index in [0.29, 0.717) is 12.2 Å². The molecular weight excluding hydrogens is 224 g/mol. The zero-order valence-corrected chi connectivity index (χ0v) is 10.4. The number of carbonyl (C=O) groups is 2. The maximum atomic E-state index is 12.0. The molecule has 6 nitrogen and oxygen atoms in total. The van der Waals surface area contributed by atoms with Crippen molar-refractivity contribution in [2.24, 2.45) is 0 Å². The van der Waals surface area contributed by atoms with Gasteiger partial charge in [-0.25, -0.2) is 4.79 Å². The van der Waals surface area contributed by atoms with Crippen LogP contribution in [0.2, 0.25) is 0 Å². The van der Waals surface area contributed by atoms with E-state index in [1.54, 1.807) is 0 Å². The van der Waals surface area contributed by atoms with Crippen LogP contribution in [0.25, 0.3) is 0 Å². The molecule has 0 bridgehead atoms. The van der Waals surface area contributed by atoms with Crippen LogP contribution in [-0.2, 0) is 11.2 Å². The largest absolute Gasteiger partial charge is 0.480 e. The zero-order valence-electron chi connectivity index (χ0n) is 10.4. The van der Waals surface area contributed by atoms with Crippen LogP contribution >= 0.6 is 0 Å². The van der Waals surface area contributed by atoms with E-state index in [1.165, 1.54) is 27.0 Å². The number of hydrogen-bond acceptors (Lipinski definition) is 4. The summed E-state index contributed by atoms with van der Waals surface area (Å²) in [5, 5.41) is 12.6. The number of amides is 1. The van der Waals surface area contributed by atoms with Gasteiger partial charge in [0.25, 0.3) is 5.91 Å². The molecule has 0 unspecified atom stereocenters. The summed E-state index contributed by atoms with van der Waals surface area (Å²) in [6.07, 6.45) is 0.631. The lowest BCUT2D eigenvalue weighted by Crippen LogP contribution is -2.50. The van der Waals surface area contributed by atoms with Crippen molar-refractivity contribution < 1.29 is 19.2 Å². The molecule has 0 spiro atoms. The Hall–Kier alpha value is -1.85. The first-order valence-electron chi connectivity index (χ1n) is 5.27. The molecule has 1 N–H and O–H groups in total. The number of rotatable bonds is 4. The highest BCUT2D eigenvalue weighted by atomic mass is 16.5. The number of aliphatic carboxylic acids is 1. The van der Waals surface area contributed by atoms with Crippen LogP contribution in [0.4, 0.5) is 0 Å². The van der Waals surface area contributed by atoms with Crippen molar-refractivity contribution in [1.82, 2.24) is 10.1 Å². The maximum Gasteiger partial charge on any atom is 0.329 e. The number of carbonyl (C=O) groups excluding carboxylic acids is 1. The summed E-state index contributed by atoms with van der Waals surface area (Å²) in [5.41, 5.74) is -1.17. The summed E-state index contributed by atoms with van der Waals surface area (Å²) >= 11 is 0. The average Bonchev–Trinajstić information content (AvgIpc) is 2.75. The van der Waals surface area contributed by atoms with Crippen LogP contribution in [-0.4, -0.2) is 39.6 Å². The van der Waals surface area contributed by atoms with Crippen molar-refractivity contribution in [3.8, 4) is 0 Å². The Balaban J connectivity index is 2.94. The summed E-state index contributed by atoms with van der Waals surface area (Å²) in [4.78, 5) is 24.1. The highest BCUT2D eigenvalue weighted by Crippen LogP contribution is 2.16. The van der Waals surface area contributed by atoms with Crippen molar-refractivity contribution in [2.75, 3.05) is 7.05 Å². The molecule has 0 aliphatic heterocycles. The quantitative estimate of drug-likeness (QED) is 0.854. The Labute approximate surface area is 99.2 Å². The molecule has 1 amide bonds. The number of aryl methyl sites for hydroxylation is 1. The van der Waals surface area contributed by atoms with E-state index in [0.717, 1.165) is 4.90 Å². The van der Waals surface area contributed by atoms with Crippen LogP contribution in [0.3, 0.4) is 0 Å². The van der Waals surface area contributed by atoms with E-state index < -0.39 is 17.4 Å². The molecule has 0 aliphatic carbocycles. The molecule has 94 valence electrons. The van der Waals surface area contributed by atoms with E-state index in [-0.39, 0.29) is 5.69 Å². The third kappa shape index (κ3) is 2.46. The number of likely N-dealkylation sites (N-methyl/N-ethyl adjacent to an activating group) is 1. The Morgan fingerprint density at radius 2 is 2.12 bits per heavy atom. The second kappa shape index (κ2) is 4.57. The topological polar surface area (TPSA) is 83.6 Å². The summed E-state index contributed by atoms with van der Waals surface area (Å²) in [5.74, 6) is -0.955. The lowest BCUT2D eigenvalue weighted by Gasteiger charge is -2.30. The molecule has 0 aromatic carbocycles. The molecule has 0 radical (unpaired) electrons. The second-order valence-electron chi connectivity index (χ2n) is 4.26. The molecule has 1 rings (SSSR count). The number of aromatic nitrogens is 1. The third-order valence-electron chi connectivity index (χ3n) is 2.79. The van der Waals surface area contributed by atoms with E-state index in [1.807, 2.05) is 6.92 Å². The van der Waals surface area contributed by atoms with Gasteiger partial charge in [0.1, 0.15) is 11.3 Å². The van der Waals surface area contributed by atoms with Crippen LogP contribution in [0.15, 0.2) is 10.6 Å². The summed E-state index contributed by atoms with van der Waals surface area (Å²) < 4.78 is 4.91. The van der Waals surface area contributed by atoms with E-state index in [9.17, 15) is 9.59 Å². The molecule has 0 aliphatic rings. The molecule has 6 heteroatoms. The standard InChI is InChI=1S/C11H16N2O4/c1-5-7-6-8(12-17-7)9(14)13(4)11(2,3)10(15)16/h6H,5H2,1-4H3,(H,15,16). The molecule has 0 fully saturated rings. The van der Waals surface area contributed by atoms with Crippen molar-refractivity contribution in [2.45, 2.75) is 32.7 Å². The van der Waals surface area contributed by atoms with E-state index in [4.69, 9.17) is 9.63 Å². The predicted octanol–water partition coefficient (Wildman–Crippen LogP) is 1.17. The van der Waals surface area contributed by atoms with E-state index >= 15 is 0 Å². The minimum Gasteiger partial charge on any atom is -0.480 e. The Kier molecular flexibility index (Phi) is 3.55. The molecule has 1 heterocycles.